The fraction of sp³-hybridized carbons (Fsp3) is 0.545. The number of carboxylic acids is 1. The van der Waals surface area contributed by atoms with Crippen LogP contribution in [0.25, 0.3) is 0 Å². The van der Waals surface area contributed by atoms with Crippen LogP contribution in [-0.2, 0) is 16.0 Å². The second-order valence-electron chi connectivity index (χ2n) is 3.93. The summed E-state index contributed by atoms with van der Waals surface area (Å²) in [5.74, 6) is -1.56. The molecular weight excluding hydrogens is 241 g/mol. The molecule has 0 aliphatic carbocycles. The molecule has 6 nitrogen and oxygen atoms in total. The van der Waals surface area contributed by atoms with Crippen LogP contribution in [0.5, 0.6) is 0 Å². The minimum Gasteiger partial charge on any atom is -0.480 e. The highest BCUT2D eigenvalue weighted by Crippen LogP contribution is 2.22. The molecule has 0 saturated carbocycles. The largest absolute Gasteiger partial charge is 0.480 e. The van der Waals surface area contributed by atoms with Crippen molar-refractivity contribution in [1.29, 1.82) is 0 Å². The molecule has 0 bridgehead atoms. The highest BCUT2D eigenvalue weighted by atomic mass is 19.1. The van der Waals surface area contributed by atoms with Crippen LogP contribution in [0.15, 0.2) is 6.33 Å². The standard InChI is InChI=1S/C11H14FN3O3/c1-2-7-9(12)10(14-6-13-7)15-3-4-18-5-8(15)11(16)17/h6,8H,2-5H2,1H3,(H,16,17). The lowest BCUT2D eigenvalue weighted by Crippen LogP contribution is -2.50. The van der Waals surface area contributed by atoms with Gasteiger partial charge in [0.15, 0.2) is 17.7 Å². The topological polar surface area (TPSA) is 75.5 Å². The lowest BCUT2D eigenvalue weighted by atomic mass is 10.2. The van der Waals surface area contributed by atoms with Crippen LogP contribution >= 0.6 is 0 Å². The van der Waals surface area contributed by atoms with Gasteiger partial charge in [0.1, 0.15) is 6.33 Å². The minimum absolute atomic E-state index is 0.0280. The molecule has 2 heterocycles. The number of aliphatic carboxylic acids is 1. The number of aryl methyl sites for hydroxylation is 1. The average Bonchev–Trinajstić information content (AvgIpc) is 2.39. The first-order valence-corrected chi connectivity index (χ1v) is 5.71. The molecule has 2 rings (SSSR count). The normalized spacial score (nSPS) is 19.9. The summed E-state index contributed by atoms with van der Waals surface area (Å²) in [7, 11) is 0. The molecule has 1 unspecified atom stereocenters. The van der Waals surface area contributed by atoms with Gasteiger partial charge >= 0.3 is 5.97 Å². The molecule has 98 valence electrons. The molecule has 1 aromatic heterocycles. The molecule has 1 aromatic rings. The Morgan fingerprint density at radius 2 is 2.44 bits per heavy atom. The Morgan fingerprint density at radius 3 is 3.11 bits per heavy atom. The maximum Gasteiger partial charge on any atom is 0.328 e. The van der Waals surface area contributed by atoms with Crippen molar-refractivity contribution in [2.45, 2.75) is 19.4 Å². The number of carbonyl (C=O) groups is 1. The molecule has 1 saturated heterocycles. The number of nitrogens with zero attached hydrogens (tertiary/aromatic N) is 3. The van der Waals surface area contributed by atoms with E-state index in [2.05, 4.69) is 9.97 Å². The molecule has 0 spiro atoms. The van der Waals surface area contributed by atoms with E-state index in [4.69, 9.17) is 9.84 Å². The number of ether oxygens (including phenoxy) is 1. The summed E-state index contributed by atoms with van der Waals surface area (Å²) in [6, 6.07) is -0.909. The van der Waals surface area contributed by atoms with E-state index in [9.17, 15) is 9.18 Å². The zero-order valence-electron chi connectivity index (χ0n) is 9.97. The van der Waals surface area contributed by atoms with Gasteiger partial charge in [-0.15, -0.1) is 0 Å². The van der Waals surface area contributed by atoms with Crippen molar-refractivity contribution in [1.82, 2.24) is 9.97 Å². The Labute approximate surface area is 103 Å². The van der Waals surface area contributed by atoms with Gasteiger partial charge in [-0.1, -0.05) is 6.92 Å². The fourth-order valence-corrected chi connectivity index (χ4v) is 1.90. The number of halogens is 1. The number of hydrogen-bond acceptors (Lipinski definition) is 5. The van der Waals surface area contributed by atoms with Gasteiger partial charge in [0.25, 0.3) is 0 Å². The summed E-state index contributed by atoms with van der Waals surface area (Å²) < 4.78 is 19.2. The van der Waals surface area contributed by atoms with Gasteiger partial charge in [-0.25, -0.2) is 19.2 Å². The first kappa shape index (κ1) is 12.7. The Hall–Kier alpha value is -1.76. The maximum atomic E-state index is 14.1. The van der Waals surface area contributed by atoms with Crippen molar-refractivity contribution in [3.05, 3.63) is 17.8 Å². The second kappa shape index (κ2) is 5.26. The highest BCUT2D eigenvalue weighted by molar-refractivity contribution is 5.78. The van der Waals surface area contributed by atoms with Crippen molar-refractivity contribution >= 4 is 11.8 Å². The summed E-state index contributed by atoms with van der Waals surface area (Å²) >= 11 is 0. The lowest BCUT2D eigenvalue weighted by Gasteiger charge is -2.33. The molecule has 0 aromatic carbocycles. The molecule has 1 fully saturated rings. The van der Waals surface area contributed by atoms with Crippen molar-refractivity contribution in [2.24, 2.45) is 0 Å². The molecule has 18 heavy (non-hydrogen) atoms. The SMILES string of the molecule is CCc1ncnc(N2CCOCC2C(=O)O)c1F. The summed E-state index contributed by atoms with van der Waals surface area (Å²) in [4.78, 5) is 20.2. The Bertz CT molecular complexity index is 455. The molecule has 0 amide bonds. The molecule has 1 aliphatic heterocycles. The van der Waals surface area contributed by atoms with Crippen molar-refractivity contribution in [3.63, 3.8) is 0 Å². The average molecular weight is 255 g/mol. The number of hydrogen-bond donors (Lipinski definition) is 1. The van der Waals surface area contributed by atoms with Crippen molar-refractivity contribution in [3.8, 4) is 0 Å². The van der Waals surface area contributed by atoms with Crippen LogP contribution in [-0.4, -0.2) is 46.8 Å². The van der Waals surface area contributed by atoms with E-state index >= 15 is 0 Å². The van der Waals surface area contributed by atoms with Crippen LogP contribution in [0.3, 0.4) is 0 Å². The van der Waals surface area contributed by atoms with Crippen molar-refractivity contribution in [2.75, 3.05) is 24.7 Å². The predicted octanol–water partition coefficient (Wildman–Crippen LogP) is 0.468. The van der Waals surface area contributed by atoms with E-state index in [0.29, 0.717) is 19.6 Å². The summed E-state index contributed by atoms with van der Waals surface area (Å²) in [6.45, 7) is 2.46. The van der Waals surface area contributed by atoms with Crippen LogP contribution in [0.2, 0.25) is 0 Å². The van der Waals surface area contributed by atoms with Crippen LogP contribution in [0, 0.1) is 5.82 Å². The smallest absolute Gasteiger partial charge is 0.328 e. The summed E-state index contributed by atoms with van der Waals surface area (Å²) in [5, 5.41) is 9.10. The maximum absolute atomic E-state index is 14.1. The molecule has 1 N–H and O–H groups in total. The monoisotopic (exact) mass is 255 g/mol. The van der Waals surface area contributed by atoms with Crippen LogP contribution < -0.4 is 4.90 Å². The van der Waals surface area contributed by atoms with E-state index in [0.717, 1.165) is 0 Å². The van der Waals surface area contributed by atoms with Gasteiger partial charge in [-0.05, 0) is 6.42 Å². The van der Waals surface area contributed by atoms with Gasteiger partial charge in [0, 0.05) is 6.54 Å². The molecule has 1 aliphatic rings. The summed E-state index contributed by atoms with van der Waals surface area (Å²) in [6.07, 6.45) is 1.69. The van der Waals surface area contributed by atoms with Crippen LogP contribution in [0.1, 0.15) is 12.6 Å². The number of morpholine rings is 1. The van der Waals surface area contributed by atoms with Gasteiger partial charge in [0.2, 0.25) is 0 Å². The molecule has 7 heteroatoms. The first-order valence-electron chi connectivity index (χ1n) is 5.71. The third-order valence-corrected chi connectivity index (χ3v) is 2.86. The van der Waals surface area contributed by atoms with Crippen molar-refractivity contribution < 1.29 is 19.0 Å². The third kappa shape index (κ3) is 2.26. The van der Waals surface area contributed by atoms with Gasteiger partial charge in [-0.3, -0.25) is 0 Å². The second-order valence-corrected chi connectivity index (χ2v) is 3.93. The van der Waals surface area contributed by atoms with E-state index in [1.54, 1.807) is 6.92 Å². The van der Waals surface area contributed by atoms with Gasteiger partial charge in [-0.2, -0.15) is 0 Å². The Balaban J connectivity index is 2.36. The van der Waals surface area contributed by atoms with E-state index in [1.807, 2.05) is 0 Å². The fourth-order valence-electron chi connectivity index (χ4n) is 1.90. The highest BCUT2D eigenvalue weighted by Gasteiger charge is 2.32. The number of anilines is 1. The van der Waals surface area contributed by atoms with E-state index in [-0.39, 0.29) is 18.1 Å². The minimum atomic E-state index is -1.05. The Kier molecular flexibility index (Phi) is 3.71. The lowest BCUT2D eigenvalue weighted by molar-refractivity contribution is -0.141. The first-order chi connectivity index (χ1) is 8.65. The summed E-state index contributed by atoms with van der Waals surface area (Å²) in [5.41, 5.74) is 0.288. The third-order valence-electron chi connectivity index (χ3n) is 2.86. The molecule has 1 atom stereocenters. The Morgan fingerprint density at radius 1 is 1.67 bits per heavy atom. The number of aromatic nitrogens is 2. The van der Waals surface area contributed by atoms with E-state index in [1.165, 1.54) is 11.2 Å². The number of carboxylic acid groups (broad SMARTS) is 1. The molecule has 0 radical (unpaired) electrons. The zero-order chi connectivity index (χ0) is 13.1. The number of rotatable bonds is 3. The molecular formula is C11H14FN3O3. The van der Waals surface area contributed by atoms with E-state index < -0.39 is 17.8 Å². The van der Waals surface area contributed by atoms with Crippen LogP contribution in [0.4, 0.5) is 10.2 Å². The quantitative estimate of drug-likeness (QED) is 0.846. The van der Waals surface area contributed by atoms with Gasteiger partial charge < -0.3 is 14.7 Å². The predicted molar refractivity (Wildman–Crippen MR) is 61.0 cm³/mol. The zero-order valence-corrected chi connectivity index (χ0v) is 9.97. The van der Waals surface area contributed by atoms with Gasteiger partial charge in [0.05, 0.1) is 18.9 Å².